The molecular weight excluding hydrogens is 1150 g/mol. The summed E-state index contributed by atoms with van der Waals surface area (Å²) in [6.45, 7) is 14.0. The molecule has 0 aliphatic rings. The smallest absolute Gasteiger partial charge is 0.462 e. The van der Waals surface area contributed by atoms with E-state index in [0.717, 1.165) is 108 Å². The predicted octanol–water partition coefficient (Wildman–Crippen LogP) is 18.9. The number of hydrogen-bond acceptors (Lipinski definition) is 15. The van der Waals surface area contributed by atoms with Gasteiger partial charge in [0.2, 0.25) is 0 Å². The predicted molar refractivity (Wildman–Crippen MR) is 349 cm³/mol. The third-order valence-corrected chi connectivity index (χ3v) is 17.5. The van der Waals surface area contributed by atoms with Crippen molar-refractivity contribution in [1.29, 1.82) is 0 Å². The van der Waals surface area contributed by atoms with Crippen molar-refractivity contribution in [3.8, 4) is 0 Å². The number of hydrogen-bond donors (Lipinski definition) is 3. The average molecular weight is 1280 g/mol. The molecule has 0 aromatic heterocycles. The molecule has 0 heterocycles. The lowest BCUT2D eigenvalue weighted by Crippen LogP contribution is -2.30. The fourth-order valence-electron chi connectivity index (χ4n) is 10.1. The molecule has 3 unspecified atom stereocenters. The first-order valence-corrected chi connectivity index (χ1v) is 38.2. The Morgan fingerprint density at radius 2 is 0.483 bits per heavy atom. The third-order valence-electron chi connectivity index (χ3n) is 15.6. The summed E-state index contributed by atoms with van der Waals surface area (Å²) in [7, 11) is -9.90. The van der Waals surface area contributed by atoms with Crippen LogP contribution < -0.4 is 0 Å². The van der Waals surface area contributed by atoms with Crippen molar-refractivity contribution in [3.63, 3.8) is 0 Å². The van der Waals surface area contributed by atoms with Crippen LogP contribution in [0.5, 0.6) is 0 Å². The Morgan fingerprint density at radius 3 is 0.713 bits per heavy atom. The Balaban J connectivity index is 5.25. The molecule has 0 amide bonds. The third kappa shape index (κ3) is 62.6. The number of unbranched alkanes of at least 4 members (excludes halogenated alkanes) is 31. The minimum atomic E-state index is -4.95. The van der Waals surface area contributed by atoms with Crippen molar-refractivity contribution in [1.82, 2.24) is 0 Å². The Kier molecular flexibility index (Phi) is 56.6. The Labute approximate surface area is 530 Å². The van der Waals surface area contributed by atoms with Crippen molar-refractivity contribution in [2.75, 3.05) is 39.6 Å². The molecule has 0 saturated heterocycles. The minimum Gasteiger partial charge on any atom is -0.462 e. The second kappa shape index (κ2) is 57.9. The number of ether oxygens (including phenoxy) is 4. The first-order valence-electron chi connectivity index (χ1n) is 35.2. The lowest BCUT2D eigenvalue weighted by atomic mass is 10.0. The highest BCUT2D eigenvalue weighted by Crippen LogP contribution is 2.45. The van der Waals surface area contributed by atoms with Gasteiger partial charge in [0.1, 0.15) is 19.3 Å². The number of carbonyl (C=O) groups excluding carboxylic acids is 4. The van der Waals surface area contributed by atoms with E-state index in [-0.39, 0.29) is 25.7 Å². The van der Waals surface area contributed by atoms with Crippen molar-refractivity contribution >= 4 is 39.5 Å². The van der Waals surface area contributed by atoms with Gasteiger partial charge in [0.05, 0.1) is 26.4 Å². The average Bonchev–Trinajstić information content (AvgIpc) is 3.51. The highest BCUT2D eigenvalue weighted by Gasteiger charge is 2.30. The van der Waals surface area contributed by atoms with Crippen LogP contribution in [0.25, 0.3) is 0 Å². The summed E-state index contributed by atoms with van der Waals surface area (Å²) in [5.74, 6) is 0.789. The van der Waals surface area contributed by atoms with E-state index in [1.54, 1.807) is 0 Å². The SMILES string of the molecule is CC(C)CCCCCCCCCCCCCC(=O)OC[C@H](COP(=O)(O)OCC(O)COP(=O)(O)OC[C@@H](COC(=O)CCCCCCCCCC(C)C)OC(=O)CCCCCCCCCC(C)C)OC(=O)CCCCCCCCCCCCC(C)C. The first-order chi connectivity index (χ1) is 41.6. The van der Waals surface area contributed by atoms with Gasteiger partial charge in [0.15, 0.2) is 12.2 Å². The number of carbonyl (C=O) groups is 4. The second-order valence-corrected chi connectivity index (χ2v) is 29.4. The maximum Gasteiger partial charge on any atom is 0.472 e. The van der Waals surface area contributed by atoms with E-state index < -0.39 is 97.5 Å². The fourth-order valence-corrected chi connectivity index (χ4v) is 11.7. The summed E-state index contributed by atoms with van der Waals surface area (Å²) in [4.78, 5) is 72.4. The molecule has 0 aromatic carbocycles. The standard InChI is InChI=1S/C68H132O17P2/c1-58(2)44-36-28-20-14-10-9-11-16-24-32-40-48-65(70)78-54-63(84-67(72)50-42-34-25-17-13-12-15-21-29-37-45-59(3)4)56-82-86(74,75)80-52-62(69)53-81-87(76,77)83-57-64(85-68(73)51-43-35-27-19-23-31-39-47-61(7)8)55-79-66(71)49-41-33-26-18-22-30-38-46-60(5)6/h58-64,69H,9-57H2,1-8H3,(H,74,75)(H,76,77)/t62?,63-,64-/m1/s1. The fraction of sp³-hybridized carbons (Fsp3) is 0.941. The minimum absolute atomic E-state index is 0.102. The molecule has 0 radical (unpaired) electrons. The molecule has 19 heteroatoms. The van der Waals surface area contributed by atoms with E-state index in [9.17, 15) is 43.2 Å². The largest absolute Gasteiger partial charge is 0.472 e. The van der Waals surface area contributed by atoms with E-state index in [1.807, 2.05) is 0 Å². The summed E-state index contributed by atoms with van der Waals surface area (Å²) >= 11 is 0. The maximum atomic E-state index is 13.0. The molecule has 0 aliphatic carbocycles. The van der Waals surface area contributed by atoms with E-state index >= 15 is 0 Å². The van der Waals surface area contributed by atoms with Gasteiger partial charge in [0, 0.05) is 25.7 Å². The molecule has 3 N–H and O–H groups in total. The molecule has 0 bridgehead atoms. The van der Waals surface area contributed by atoms with Gasteiger partial charge < -0.3 is 33.8 Å². The van der Waals surface area contributed by atoms with Gasteiger partial charge in [-0.25, -0.2) is 9.13 Å². The van der Waals surface area contributed by atoms with E-state index in [2.05, 4.69) is 55.4 Å². The molecule has 87 heavy (non-hydrogen) atoms. The van der Waals surface area contributed by atoms with Crippen molar-refractivity contribution in [2.24, 2.45) is 23.7 Å². The molecule has 17 nitrogen and oxygen atoms in total. The van der Waals surface area contributed by atoms with Crippen molar-refractivity contribution < 1.29 is 80.2 Å². The van der Waals surface area contributed by atoms with Crippen LogP contribution in [0.3, 0.4) is 0 Å². The Bertz CT molecular complexity index is 1730. The topological polar surface area (TPSA) is 237 Å². The molecule has 0 saturated carbocycles. The molecule has 5 atom stereocenters. The van der Waals surface area contributed by atoms with Crippen LogP contribution in [0.2, 0.25) is 0 Å². The van der Waals surface area contributed by atoms with E-state index in [4.69, 9.17) is 37.0 Å². The summed E-state index contributed by atoms with van der Waals surface area (Å²) in [5.41, 5.74) is 0. The summed E-state index contributed by atoms with van der Waals surface area (Å²) in [6.07, 6.45) is 39.1. The maximum absolute atomic E-state index is 13.0. The monoisotopic (exact) mass is 1280 g/mol. The van der Waals surface area contributed by atoms with Crippen LogP contribution >= 0.6 is 15.6 Å². The lowest BCUT2D eigenvalue weighted by molar-refractivity contribution is -0.161. The normalized spacial score (nSPS) is 14.3. The van der Waals surface area contributed by atoms with Gasteiger partial charge in [-0.15, -0.1) is 0 Å². The van der Waals surface area contributed by atoms with Crippen LogP contribution in [-0.4, -0.2) is 96.7 Å². The van der Waals surface area contributed by atoms with Gasteiger partial charge in [-0.05, 0) is 49.4 Å². The molecule has 516 valence electrons. The summed E-state index contributed by atoms with van der Waals surface area (Å²) in [6, 6.07) is 0. The number of phosphoric acid groups is 2. The number of phosphoric ester groups is 2. The highest BCUT2D eigenvalue weighted by atomic mass is 31.2. The Morgan fingerprint density at radius 1 is 0.287 bits per heavy atom. The highest BCUT2D eigenvalue weighted by molar-refractivity contribution is 7.47. The van der Waals surface area contributed by atoms with Crippen LogP contribution in [0.4, 0.5) is 0 Å². The summed E-state index contributed by atoms with van der Waals surface area (Å²) < 4.78 is 68.2. The number of aliphatic hydroxyl groups excluding tert-OH is 1. The zero-order valence-electron chi connectivity index (χ0n) is 56.6. The van der Waals surface area contributed by atoms with Gasteiger partial charge in [0.25, 0.3) is 0 Å². The van der Waals surface area contributed by atoms with Gasteiger partial charge >= 0.3 is 39.5 Å². The zero-order chi connectivity index (χ0) is 64.7. The number of esters is 4. The first kappa shape index (κ1) is 85.1. The zero-order valence-corrected chi connectivity index (χ0v) is 58.4. The summed E-state index contributed by atoms with van der Waals surface area (Å²) in [5, 5.41) is 10.6. The van der Waals surface area contributed by atoms with Crippen LogP contribution in [0.15, 0.2) is 0 Å². The molecule has 0 aliphatic heterocycles. The molecule has 0 spiro atoms. The van der Waals surface area contributed by atoms with Gasteiger partial charge in [-0.1, -0.05) is 280 Å². The van der Waals surface area contributed by atoms with Crippen LogP contribution in [0.1, 0.15) is 331 Å². The molecule has 0 fully saturated rings. The van der Waals surface area contributed by atoms with Crippen LogP contribution in [0, 0.1) is 23.7 Å². The molecule has 0 rings (SSSR count). The second-order valence-electron chi connectivity index (χ2n) is 26.5. The van der Waals surface area contributed by atoms with Gasteiger partial charge in [-0.2, -0.15) is 0 Å². The number of rotatable bonds is 65. The van der Waals surface area contributed by atoms with Crippen molar-refractivity contribution in [2.45, 2.75) is 350 Å². The number of aliphatic hydroxyl groups is 1. The lowest BCUT2D eigenvalue weighted by Gasteiger charge is -2.21. The van der Waals surface area contributed by atoms with Crippen LogP contribution in [-0.2, 0) is 65.4 Å². The quantitative estimate of drug-likeness (QED) is 0.0222. The van der Waals surface area contributed by atoms with Crippen molar-refractivity contribution in [3.05, 3.63) is 0 Å². The Hall–Kier alpha value is -1.94. The van der Waals surface area contributed by atoms with Gasteiger partial charge in [-0.3, -0.25) is 37.3 Å². The molecular formula is C68H132O17P2. The van der Waals surface area contributed by atoms with E-state index in [0.29, 0.717) is 37.5 Å². The molecule has 0 aromatic rings. The van der Waals surface area contributed by atoms with E-state index in [1.165, 1.54) is 128 Å².